The van der Waals surface area contributed by atoms with Crippen molar-refractivity contribution in [1.29, 1.82) is 0 Å². The van der Waals surface area contributed by atoms with Crippen molar-refractivity contribution in [2.45, 2.75) is 15.9 Å². The summed E-state index contributed by atoms with van der Waals surface area (Å²) in [5, 5.41) is -0.879. The molecule has 0 N–H and O–H groups in total. The molecule has 0 atom stereocenters. The smallest absolute Gasteiger partial charge is 0.243 e. The van der Waals surface area contributed by atoms with Crippen LogP contribution in [0.2, 0.25) is 0 Å². The highest BCUT2D eigenvalue weighted by Crippen LogP contribution is 2.27. The molecule has 0 saturated carbocycles. The van der Waals surface area contributed by atoms with E-state index in [4.69, 9.17) is 4.42 Å². The summed E-state index contributed by atoms with van der Waals surface area (Å²) in [5.41, 5.74) is 0. The van der Waals surface area contributed by atoms with Crippen molar-refractivity contribution in [3.63, 3.8) is 0 Å². The average molecular weight is 377 g/mol. The van der Waals surface area contributed by atoms with E-state index in [1.165, 1.54) is 12.3 Å². The topological polar surface area (TPSA) is 84.7 Å². The van der Waals surface area contributed by atoms with Crippen molar-refractivity contribution in [2.75, 3.05) is 13.1 Å². The fraction of sp³-hybridized carbons (Fsp3) is 0.286. The largest absolute Gasteiger partial charge is 0.468 e. The van der Waals surface area contributed by atoms with Crippen LogP contribution in [0.3, 0.4) is 0 Å². The van der Waals surface area contributed by atoms with Crippen LogP contribution in [0.5, 0.6) is 0 Å². The molecule has 0 bridgehead atoms. The monoisotopic (exact) mass is 377 g/mol. The molecule has 1 fully saturated rings. The lowest BCUT2D eigenvalue weighted by molar-refractivity contribution is 0.309. The van der Waals surface area contributed by atoms with Gasteiger partial charge in [-0.25, -0.2) is 25.6 Å². The van der Waals surface area contributed by atoms with E-state index in [1.807, 2.05) is 0 Å². The Bertz CT molecular complexity index is 929. The Morgan fingerprint density at radius 1 is 1.08 bits per heavy atom. The third-order valence-corrected chi connectivity index (χ3v) is 7.53. The molecule has 0 aliphatic carbocycles. The van der Waals surface area contributed by atoms with Crippen LogP contribution >= 0.6 is 0 Å². The molecule has 0 radical (unpaired) electrons. The second-order valence-electron chi connectivity index (χ2n) is 5.44. The van der Waals surface area contributed by atoms with Crippen molar-refractivity contribution in [2.24, 2.45) is 0 Å². The average Bonchev–Trinajstić information content (AvgIpc) is 2.86. The van der Waals surface area contributed by atoms with E-state index in [0.717, 1.165) is 4.31 Å². The third kappa shape index (κ3) is 3.21. The summed E-state index contributed by atoms with van der Waals surface area (Å²) >= 11 is 0. The highest BCUT2D eigenvalue weighted by Gasteiger charge is 2.43. The molecule has 1 saturated heterocycles. The molecule has 24 heavy (non-hydrogen) atoms. The van der Waals surface area contributed by atoms with Crippen molar-refractivity contribution in [3.05, 3.63) is 54.0 Å². The van der Waals surface area contributed by atoms with Gasteiger partial charge in [-0.15, -0.1) is 0 Å². The van der Waals surface area contributed by atoms with E-state index in [9.17, 15) is 25.6 Å². The van der Waals surface area contributed by atoms with E-state index < -0.39 is 41.6 Å². The Hall–Kier alpha value is -1.78. The molecule has 0 unspecified atom stereocenters. The fourth-order valence-corrected chi connectivity index (χ4v) is 5.73. The summed E-state index contributed by atoms with van der Waals surface area (Å²) in [4.78, 5) is -0.540. The van der Waals surface area contributed by atoms with E-state index in [1.54, 1.807) is 6.07 Å². The standard InChI is InChI=1S/C14H13F2NO5S2/c15-10-4-11(16)6-13(5-10)24(20,21)17-7-14(8-17)23(18,19)9-12-2-1-3-22-12/h1-6,14H,7-9H2. The molecule has 130 valence electrons. The van der Waals surface area contributed by atoms with Gasteiger partial charge in [0.2, 0.25) is 10.0 Å². The number of benzene rings is 1. The minimum atomic E-state index is -4.14. The predicted octanol–water partition coefficient (Wildman–Crippen LogP) is 1.55. The van der Waals surface area contributed by atoms with E-state index in [-0.39, 0.29) is 24.6 Å². The summed E-state index contributed by atoms with van der Waals surface area (Å²) < 4.78 is 81.2. The number of halogens is 2. The molecule has 10 heteroatoms. The van der Waals surface area contributed by atoms with Gasteiger partial charge in [-0.2, -0.15) is 4.31 Å². The number of hydrogen-bond donors (Lipinski definition) is 0. The maximum Gasteiger partial charge on any atom is 0.243 e. The Balaban J connectivity index is 1.73. The fourth-order valence-electron chi connectivity index (χ4n) is 2.36. The molecule has 1 aromatic carbocycles. The van der Waals surface area contributed by atoms with Crippen LogP contribution in [0.25, 0.3) is 0 Å². The lowest BCUT2D eigenvalue weighted by Crippen LogP contribution is -2.56. The molecule has 3 rings (SSSR count). The Morgan fingerprint density at radius 2 is 1.71 bits per heavy atom. The molecule has 0 spiro atoms. The molecular weight excluding hydrogens is 364 g/mol. The highest BCUT2D eigenvalue weighted by molar-refractivity contribution is 7.92. The zero-order valence-corrected chi connectivity index (χ0v) is 13.9. The van der Waals surface area contributed by atoms with E-state index in [2.05, 4.69) is 0 Å². The van der Waals surface area contributed by atoms with Gasteiger partial charge in [0, 0.05) is 19.2 Å². The van der Waals surface area contributed by atoms with Gasteiger partial charge in [0.1, 0.15) is 23.1 Å². The number of hydrogen-bond acceptors (Lipinski definition) is 5. The van der Waals surface area contributed by atoms with Crippen LogP contribution in [0.1, 0.15) is 5.76 Å². The summed E-state index contributed by atoms with van der Waals surface area (Å²) in [6.45, 7) is -0.521. The minimum Gasteiger partial charge on any atom is -0.468 e. The molecule has 2 heterocycles. The first kappa shape index (κ1) is 17.1. The van der Waals surface area contributed by atoms with E-state index in [0.29, 0.717) is 18.2 Å². The van der Waals surface area contributed by atoms with Crippen molar-refractivity contribution in [3.8, 4) is 0 Å². The van der Waals surface area contributed by atoms with Crippen LogP contribution in [-0.2, 0) is 25.6 Å². The van der Waals surface area contributed by atoms with Crippen LogP contribution < -0.4 is 0 Å². The highest BCUT2D eigenvalue weighted by atomic mass is 32.2. The molecule has 1 aromatic heterocycles. The molecule has 1 aliphatic heterocycles. The van der Waals surface area contributed by atoms with Gasteiger partial charge >= 0.3 is 0 Å². The second-order valence-corrected chi connectivity index (χ2v) is 9.65. The van der Waals surface area contributed by atoms with Crippen molar-refractivity contribution < 1.29 is 30.0 Å². The van der Waals surface area contributed by atoms with Crippen LogP contribution in [0, 0.1) is 11.6 Å². The van der Waals surface area contributed by atoms with Crippen molar-refractivity contribution >= 4 is 19.9 Å². The summed E-state index contributed by atoms with van der Waals surface area (Å²) in [5.74, 6) is -2.09. The Labute approximate surface area is 137 Å². The van der Waals surface area contributed by atoms with Crippen LogP contribution in [0.15, 0.2) is 45.9 Å². The van der Waals surface area contributed by atoms with Crippen LogP contribution in [-0.4, -0.2) is 39.5 Å². The minimum absolute atomic E-state index is 0.260. The van der Waals surface area contributed by atoms with Gasteiger partial charge in [-0.05, 0) is 24.3 Å². The molecule has 1 aliphatic rings. The van der Waals surface area contributed by atoms with Crippen LogP contribution in [0.4, 0.5) is 8.78 Å². The summed E-state index contributed by atoms with van der Waals surface area (Å²) in [7, 11) is -7.72. The van der Waals surface area contributed by atoms with E-state index >= 15 is 0 Å². The lowest BCUT2D eigenvalue weighted by atomic mass is 10.3. The normalized spacial score (nSPS) is 16.9. The quantitative estimate of drug-likeness (QED) is 0.789. The molecule has 6 nitrogen and oxygen atoms in total. The Kier molecular flexibility index (Phi) is 4.22. The molecule has 0 amide bonds. The van der Waals surface area contributed by atoms with Gasteiger partial charge in [0.25, 0.3) is 0 Å². The maximum atomic E-state index is 13.2. The SMILES string of the molecule is O=S(=O)(Cc1ccco1)C1CN(S(=O)(=O)c2cc(F)cc(F)c2)C1. The van der Waals surface area contributed by atoms with Gasteiger partial charge < -0.3 is 4.42 Å². The van der Waals surface area contributed by atoms with Gasteiger partial charge in [-0.3, -0.25) is 0 Å². The first-order valence-electron chi connectivity index (χ1n) is 6.89. The maximum absolute atomic E-state index is 13.2. The number of sulfonamides is 1. The number of nitrogens with zero attached hydrogens (tertiary/aromatic N) is 1. The number of sulfone groups is 1. The first-order valence-corrected chi connectivity index (χ1v) is 10.0. The molecule has 2 aromatic rings. The number of furan rings is 1. The zero-order valence-electron chi connectivity index (χ0n) is 12.2. The lowest BCUT2D eigenvalue weighted by Gasteiger charge is -2.37. The molecular formula is C14H13F2NO5S2. The predicted molar refractivity (Wildman–Crippen MR) is 80.2 cm³/mol. The summed E-state index contributed by atoms with van der Waals surface area (Å²) in [6, 6.07) is 5.03. The Morgan fingerprint density at radius 3 is 2.25 bits per heavy atom. The second kappa shape index (κ2) is 5.94. The van der Waals surface area contributed by atoms with Gasteiger partial charge in [0.05, 0.1) is 16.4 Å². The van der Waals surface area contributed by atoms with Gasteiger partial charge in [-0.1, -0.05) is 0 Å². The number of rotatable bonds is 5. The first-order chi connectivity index (χ1) is 11.2. The summed E-state index contributed by atoms with van der Waals surface area (Å²) in [6.07, 6.45) is 1.35. The zero-order chi connectivity index (χ0) is 17.5. The third-order valence-electron chi connectivity index (χ3n) is 3.72. The van der Waals surface area contributed by atoms with Crippen molar-refractivity contribution in [1.82, 2.24) is 4.31 Å². The van der Waals surface area contributed by atoms with Gasteiger partial charge in [0.15, 0.2) is 9.84 Å².